The van der Waals surface area contributed by atoms with Crippen molar-refractivity contribution in [2.24, 2.45) is 0 Å². The number of thiazole rings is 2. The fourth-order valence-electron chi connectivity index (χ4n) is 7.33. The number of piperazine rings is 2. The number of hydrogen-bond donors (Lipinski definition) is 0. The van der Waals surface area contributed by atoms with Crippen LogP contribution in [-0.4, -0.2) is 92.7 Å². The zero-order valence-corrected chi connectivity index (χ0v) is 36.4. The van der Waals surface area contributed by atoms with Crippen LogP contribution < -0.4 is 9.80 Å². The summed E-state index contributed by atoms with van der Waals surface area (Å²) in [6, 6.07) is 27.7. The number of nitro groups is 1. The molecule has 18 heteroatoms. The van der Waals surface area contributed by atoms with Gasteiger partial charge in [0.05, 0.1) is 31.7 Å². The van der Waals surface area contributed by atoms with E-state index in [4.69, 9.17) is 4.98 Å². The number of hydrogen-bond acceptors (Lipinski definition) is 13. The van der Waals surface area contributed by atoms with Crippen LogP contribution in [-0.2, 0) is 20.0 Å². The second kappa shape index (κ2) is 18.0. The summed E-state index contributed by atoms with van der Waals surface area (Å²) < 4.78 is 54.7. The molecule has 2 fully saturated rings. The fourth-order valence-corrected chi connectivity index (χ4v) is 12.1. The van der Waals surface area contributed by atoms with Gasteiger partial charge in [0.25, 0.3) is 5.69 Å². The van der Waals surface area contributed by atoms with Gasteiger partial charge in [0, 0.05) is 86.4 Å². The summed E-state index contributed by atoms with van der Waals surface area (Å²) in [6.45, 7) is 9.77. The van der Waals surface area contributed by atoms with E-state index in [1.807, 2.05) is 41.8 Å². The smallest absolute Gasteiger partial charge is 0.270 e. The van der Waals surface area contributed by atoms with Gasteiger partial charge in [-0.3, -0.25) is 10.1 Å². The van der Waals surface area contributed by atoms with E-state index in [9.17, 15) is 32.2 Å². The Morgan fingerprint density at radius 2 is 1.20 bits per heavy atom. The van der Waals surface area contributed by atoms with Crippen LogP contribution in [0.5, 0.6) is 0 Å². The molecular weight excluding hydrogens is 841 g/mol. The molecule has 0 bridgehead atoms. The van der Waals surface area contributed by atoms with Crippen molar-refractivity contribution >= 4 is 58.7 Å². The highest BCUT2D eigenvalue weighted by atomic mass is 32.2. The molecule has 8 rings (SSSR count). The first-order chi connectivity index (χ1) is 28.8. The van der Waals surface area contributed by atoms with Crippen molar-refractivity contribution in [2.45, 2.75) is 30.6 Å². The first-order valence-corrected chi connectivity index (χ1v) is 23.7. The topological polar surface area (TPSA) is 174 Å². The van der Waals surface area contributed by atoms with Gasteiger partial charge in [-0.2, -0.15) is 13.9 Å². The Bertz CT molecular complexity index is 2750. The summed E-state index contributed by atoms with van der Waals surface area (Å²) in [5.74, 6) is 0. The molecule has 2 aliphatic rings. The van der Waals surface area contributed by atoms with E-state index in [-0.39, 0.29) is 21.0 Å². The van der Waals surface area contributed by atoms with E-state index >= 15 is 0 Å². The Hall–Kier alpha value is -5.55. The monoisotopic (exact) mass is 882 g/mol. The quantitative estimate of drug-likeness (QED) is 0.105. The molecule has 14 nitrogen and oxygen atoms in total. The molecule has 60 heavy (non-hydrogen) atoms. The highest BCUT2D eigenvalue weighted by Crippen LogP contribution is 2.34. The molecule has 4 heterocycles. The van der Waals surface area contributed by atoms with Crippen LogP contribution in [0, 0.1) is 42.2 Å². The van der Waals surface area contributed by atoms with Crippen molar-refractivity contribution in [2.75, 3.05) is 62.2 Å². The summed E-state index contributed by atoms with van der Waals surface area (Å²) in [5.41, 5.74) is 7.68. The van der Waals surface area contributed by atoms with Crippen LogP contribution in [0.15, 0.2) is 112 Å². The molecule has 0 unspecified atom stereocenters. The summed E-state index contributed by atoms with van der Waals surface area (Å²) in [6.07, 6.45) is 0. The first-order valence-electron chi connectivity index (χ1n) is 19.0. The lowest BCUT2D eigenvalue weighted by atomic mass is 9.98. The van der Waals surface area contributed by atoms with Gasteiger partial charge in [-0.25, -0.2) is 26.8 Å². The minimum absolute atomic E-state index is 0.0548. The predicted molar refractivity (Wildman–Crippen MR) is 236 cm³/mol. The molecule has 2 aromatic heterocycles. The van der Waals surface area contributed by atoms with Gasteiger partial charge >= 0.3 is 0 Å². The first kappa shape index (κ1) is 42.6. The van der Waals surface area contributed by atoms with Gasteiger partial charge in [0.1, 0.15) is 6.07 Å². The van der Waals surface area contributed by atoms with Crippen LogP contribution in [0.1, 0.15) is 22.3 Å². The van der Waals surface area contributed by atoms with Crippen LogP contribution in [0.25, 0.3) is 22.5 Å². The second-order valence-electron chi connectivity index (χ2n) is 14.3. The molecule has 2 aliphatic heterocycles. The molecule has 2 saturated heterocycles. The molecular formula is C42H42N8O6S4. The van der Waals surface area contributed by atoms with Crippen LogP contribution in [0.3, 0.4) is 0 Å². The third-order valence-corrected chi connectivity index (χ3v) is 16.0. The second-order valence-corrected chi connectivity index (χ2v) is 19.8. The maximum Gasteiger partial charge on any atom is 0.270 e. The standard InChI is InChI=1S/C23H24N4O2S2.C19H18N4O4S2/c1-16-12-17(2)22(18(3)13-16)20-15-30-23(25-20)26-8-10-27(11-9-26)31(28,29)21-7-5-4-6-19(21)14-24;24-23(25)16-7-4-8-17(13-16)29(26,27)22-11-9-21(10-12-22)19-20-18(14-28-19)15-5-2-1-3-6-15/h4-7,12-13,15H,8-11H2,1-3H3;1-8,13-14H,9-12H2. The van der Waals surface area contributed by atoms with E-state index in [1.165, 1.54) is 72.5 Å². The maximum absolute atomic E-state index is 13.0. The maximum atomic E-state index is 13.0. The average Bonchev–Trinajstić information content (AvgIpc) is 3.96. The van der Waals surface area contributed by atoms with Crippen LogP contribution >= 0.6 is 22.7 Å². The van der Waals surface area contributed by atoms with Crippen molar-refractivity contribution in [1.82, 2.24) is 18.6 Å². The lowest BCUT2D eigenvalue weighted by Crippen LogP contribution is -2.48. The Labute approximate surface area is 357 Å². The molecule has 0 radical (unpaired) electrons. The molecule has 0 atom stereocenters. The number of aryl methyl sites for hydroxylation is 3. The van der Waals surface area contributed by atoms with Gasteiger partial charge < -0.3 is 9.80 Å². The van der Waals surface area contributed by atoms with Gasteiger partial charge in [0.15, 0.2) is 10.3 Å². The number of non-ortho nitro benzene ring substituents is 1. The third kappa shape index (κ3) is 9.11. The number of anilines is 2. The number of rotatable bonds is 9. The lowest BCUT2D eigenvalue weighted by Gasteiger charge is -2.33. The Morgan fingerprint density at radius 1 is 0.667 bits per heavy atom. The van der Waals surface area contributed by atoms with Crippen molar-refractivity contribution in [1.29, 1.82) is 5.26 Å². The third-order valence-electron chi connectivity index (χ3n) is 10.3. The molecule has 0 aliphatic carbocycles. The Morgan fingerprint density at radius 3 is 1.78 bits per heavy atom. The number of aromatic nitrogens is 2. The van der Waals surface area contributed by atoms with E-state index in [1.54, 1.807) is 23.5 Å². The molecule has 0 N–H and O–H groups in total. The highest BCUT2D eigenvalue weighted by Gasteiger charge is 2.32. The van der Waals surface area contributed by atoms with Crippen LogP contribution in [0.2, 0.25) is 0 Å². The van der Waals surface area contributed by atoms with Crippen molar-refractivity contribution in [3.63, 3.8) is 0 Å². The minimum atomic E-state index is -3.78. The summed E-state index contributed by atoms with van der Waals surface area (Å²) in [4.78, 5) is 24.1. The zero-order chi connectivity index (χ0) is 42.6. The summed E-state index contributed by atoms with van der Waals surface area (Å²) in [7, 11) is -7.47. The number of nitriles is 1. The number of nitrogens with zero attached hydrogens (tertiary/aromatic N) is 8. The molecule has 0 amide bonds. The van der Waals surface area contributed by atoms with Crippen LogP contribution in [0.4, 0.5) is 16.0 Å². The van der Waals surface area contributed by atoms with E-state index in [0.717, 1.165) is 33.3 Å². The number of nitro benzene ring substituents is 1. The van der Waals surface area contributed by atoms with E-state index < -0.39 is 25.0 Å². The predicted octanol–water partition coefficient (Wildman–Crippen LogP) is 7.35. The van der Waals surface area contributed by atoms with Gasteiger partial charge in [-0.1, -0.05) is 66.2 Å². The van der Waals surface area contributed by atoms with Crippen molar-refractivity contribution in [3.05, 3.63) is 134 Å². The Balaban J connectivity index is 0.000000182. The number of benzene rings is 4. The highest BCUT2D eigenvalue weighted by molar-refractivity contribution is 7.89. The van der Waals surface area contributed by atoms with Gasteiger partial charge in [0.2, 0.25) is 20.0 Å². The zero-order valence-electron chi connectivity index (χ0n) is 33.1. The molecule has 0 spiro atoms. The SMILES string of the molecule is Cc1cc(C)c(-c2csc(N3CCN(S(=O)(=O)c4ccccc4C#N)CC3)n2)c(C)c1.O=[N+]([O-])c1cccc(S(=O)(=O)N2CCN(c3nc(-c4ccccc4)cs3)CC2)c1. The largest absolute Gasteiger partial charge is 0.345 e. The van der Waals surface area contributed by atoms with Crippen molar-refractivity contribution < 1.29 is 21.8 Å². The van der Waals surface area contributed by atoms with E-state index in [2.05, 4.69) is 53.1 Å². The van der Waals surface area contributed by atoms with Gasteiger partial charge in [-0.15, -0.1) is 22.7 Å². The Kier molecular flexibility index (Phi) is 12.8. The average molecular weight is 883 g/mol. The molecule has 0 saturated carbocycles. The molecule has 310 valence electrons. The van der Waals surface area contributed by atoms with Crippen molar-refractivity contribution in [3.8, 4) is 28.6 Å². The molecule has 6 aromatic rings. The minimum Gasteiger partial charge on any atom is -0.345 e. The summed E-state index contributed by atoms with van der Waals surface area (Å²) >= 11 is 3.12. The molecule has 4 aromatic carbocycles. The summed E-state index contributed by atoms with van der Waals surface area (Å²) in [5, 5.41) is 26.1. The van der Waals surface area contributed by atoms with E-state index in [0.29, 0.717) is 52.4 Å². The number of sulfonamides is 2. The normalized spacial score (nSPS) is 15.2. The fraction of sp³-hybridized carbons (Fsp3) is 0.262. The van der Waals surface area contributed by atoms with Gasteiger partial charge in [-0.05, 0) is 50.1 Å². The lowest BCUT2D eigenvalue weighted by molar-refractivity contribution is -0.385.